The fourth-order valence-electron chi connectivity index (χ4n) is 3.38. The Morgan fingerprint density at radius 3 is 2.68 bits per heavy atom. The SMILES string of the molecule is Cc1ccc(Cl)cc1NC(=O)C1CCN(c2ccc(-c3cccs3)nn2)CC1. The summed E-state index contributed by atoms with van der Waals surface area (Å²) >= 11 is 7.70. The van der Waals surface area contributed by atoms with Gasteiger partial charge in [-0.3, -0.25) is 4.79 Å². The molecule has 1 N–H and O–H groups in total. The van der Waals surface area contributed by atoms with Gasteiger partial charge in [-0.1, -0.05) is 23.7 Å². The molecule has 0 atom stereocenters. The number of halogens is 1. The number of amides is 1. The number of rotatable bonds is 4. The van der Waals surface area contributed by atoms with Crippen molar-refractivity contribution in [3.05, 3.63) is 58.4 Å². The maximum absolute atomic E-state index is 12.7. The first-order chi connectivity index (χ1) is 13.6. The molecular weight excluding hydrogens is 392 g/mol. The molecule has 1 aromatic carbocycles. The van der Waals surface area contributed by atoms with Gasteiger partial charge in [0.15, 0.2) is 5.82 Å². The van der Waals surface area contributed by atoms with Crippen LogP contribution >= 0.6 is 22.9 Å². The molecule has 1 amide bonds. The molecule has 3 aromatic rings. The maximum Gasteiger partial charge on any atom is 0.227 e. The molecule has 0 radical (unpaired) electrons. The van der Waals surface area contributed by atoms with E-state index in [9.17, 15) is 4.79 Å². The minimum atomic E-state index is -0.00650. The van der Waals surface area contributed by atoms with E-state index in [1.165, 1.54) is 0 Å². The lowest BCUT2D eigenvalue weighted by molar-refractivity contribution is -0.120. The van der Waals surface area contributed by atoms with E-state index in [1.807, 2.05) is 48.7 Å². The summed E-state index contributed by atoms with van der Waals surface area (Å²) in [7, 11) is 0. The van der Waals surface area contributed by atoms with Crippen molar-refractivity contribution in [2.45, 2.75) is 19.8 Å². The number of carbonyl (C=O) groups is 1. The first-order valence-corrected chi connectivity index (χ1v) is 10.6. The minimum absolute atomic E-state index is 0.00650. The van der Waals surface area contributed by atoms with Crippen LogP contribution in [0.25, 0.3) is 10.6 Å². The molecule has 1 aliphatic heterocycles. The van der Waals surface area contributed by atoms with E-state index in [-0.39, 0.29) is 11.8 Å². The van der Waals surface area contributed by atoms with Crippen molar-refractivity contribution >= 4 is 40.4 Å². The van der Waals surface area contributed by atoms with E-state index in [1.54, 1.807) is 17.4 Å². The normalized spacial score (nSPS) is 14.9. The van der Waals surface area contributed by atoms with E-state index >= 15 is 0 Å². The highest BCUT2D eigenvalue weighted by molar-refractivity contribution is 7.13. The number of aromatic nitrogens is 2. The summed E-state index contributed by atoms with van der Waals surface area (Å²) in [6.07, 6.45) is 1.58. The predicted octanol–water partition coefficient (Wildman–Crippen LogP) is 5.02. The Hall–Kier alpha value is -2.44. The number of piperidine rings is 1. The molecule has 0 saturated carbocycles. The van der Waals surface area contributed by atoms with Gasteiger partial charge >= 0.3 is 0 Å². The van der Waals surface area contributed by atoms with Gasteiger partial charge < -0.3 is 10.2 Å². The number of aryl methyl sites for hydroxylation is 1. The molecule has 1 saturated heterocycles. The molecule has 0 bridgehead atoms. The van der Waals surface area contributed by atoms with Crippen LogP contribution in [0.5, 0.6) is 0 Å². The number of anilines is 2. The van der Waals surface area contributed by atoms with E-state index in [0.717, 1.165) is 53.6 Å². The smallest absolute Gasteiger partial charge is 0.227 e. The van der Waals surface area contributed by atoms with Crippen molar-refractivity contribution in [2.24, 2.45) is 5.92 Å². The second-order valence-corrected chi connectivity index (χ2v) is 8.35. The number of carbonyl (C=O) groups excluding carboxylic acids is 1. The number of nitrogens with zero attached hydrogens (tertiary/aromatic N) is 3. The lowest BCUT2D eigenvalue weighted by atomic mass is 9.95. The van der Waals surface area contributed by atoms with Crippen molar-refractivity contribution in [2.75, 3.05) is 23.3 Å². The van der Waals surface area contributed by atoms with E-state index in [4.69, 9.17) is 11.6 Å². The quantitative estimate of drug-likeness (QED) is 0.653. The second kappa shape index (κ2) is 8.29. The fraction of sp³-hybridized carbons (Fsp3) is 0.286. The van der Waals surface area contributed by atoms with Crippen molar-refractivity contribution in [3.63, 3.8) is 0 Å². The van der Waals surface area contributed by atoms with Crippen LogP contribution in [0.3, 0.4) is 0 Å². The van der Waals surface area contributed by atoms with Crippen molar-refractivity contribution in [3.8, 4) is 10.6 Å². The number of benzene rings is 1. The predicted molar refractivity (Wildman–Crippen MR) is 115 cm³/mol. The van der Waals surface area contributed by atoms with Gasteiger partial charge in [-0.05, 0) is 61.0 Å². The lowest BCUT2D eigenvalue weighted by Crippen LogP contribution is -2.38. The number of hydrogen-bond acceptors (Lipinski definition) is 5. The number of nitrogens with one attached hydrogen (secondary N) is 1. The largest absolute Gasteiger partial charge is 0.355 e. The first kappa shape index (κ1) is 18.9. The monoisotopic (exact) mass is 412 g/mol. The standard InChI is InChI=1S/C21H21ClN4OS/c1-14-4-5-16(22)13-18(14)23-21(27)15-8-10-26(11-9-15)20-7-6-17(24-25-20)19-3-2-12-28-19/h2-7,12-13,15H,8-11H2,1H3,(H,23,27). The Balaban J connectivity index is 1.35. The summed E-state index contributed by atoms with van der Waals surface area (Å²) in [5, 5.41) is 14.4. The molecule has 3 heterocycles. The second-order valence-electron chi connectivity index (χ2n) is 6.96. The topological polar surface area (TPSA) is 58.1 Å². The van der Waals surface area contributed by atoms with Gasteiger partial charge in [0.25, 0.3) is 0 Å². The third-order valence-corrected chi connectivity index (χ3v) is 6.20. The molecule has 2 aromatic heterocycles. The van der Waals surface area contributed by atoms with Crippen LogP contribution in [0.2, 0.25) is 5.02 Å². The van der Waals surface area contributed by atoms with E-state index < -0.39 is 0 Å². The molecular formula is C21H21ClN4OS. The molecule has 1 aliphatic rings. The third-order valence-electron chi connectivity index (χ3n) is 5.07. The molecule has 144 valence electrons. The molecule has 28 heavy (non-hydrogen) atoms. The van der Waals surface area contributed by atoms with Crippen molar-refractivity contribution in [1.82, 2.24) is 10.2 Å². The van der Waals surface area contributed by atoms with Gasteiger partial charge in [0.05, 0.1) is 4.88 Å². The molecule has 0 aliphatic carbocycles. The van der Waals surface area contributed by atoms with Gasteiger partial charge in [0, 0.05) is 29.7 Å². The van der Waals surface area contributed by atoms with Gasteiger partial charge in [0.1, 0.15) is 5.69 Å². The maximum atomic E-state index is 12.7. The Bertz CT molecular complexity index is 951. The molecule has 4 rings (SSSR count). The summed E-state index contributed by atoms with van der Waals surface area (Å²) < 4.78 is 0. The summed E-state index contributed by atoms with van der Waals surface area (Å²) in [6.45, 7) is 3.55. The highest BCUT2D eigenvalue weighted by atomic mass is 35.5. The zero-order valence-corrected chi connectivity index (χ0v) is 17.1. The Morgan fingerprint density at radius 1 is 1.18 bits per heavy atom. The molecule has 1 fully saturated rings. The average Bonchev–Trinajstić information content (AvgIpc) is 3.26. The van der Waals surface area contributed by atoms with Crippen molar-refractivity contribution < 1.29 is 4.79 Å². The molecule has 5 nitrogen and oxygen atoms in total. The van der Waals surface area contributed by atoms with Crippen LogP contribution in [-0.2, 0) is 4.79 Å². The highest BCUT2D eigenvalue weighted by Crippen LogP contribution is 2.27. The zero-order valence-electron chi connectivity index (χ0n) is 15.6. The average molecular weight is 413 g/mol. The first-order valence-electron chi connectivity index (χ1n) is 9.30. The Morgan fingerprint density at radius 2 is 2.00 bits per heavy atom. The Labute approximate surface area is 173 Å². The zero-order chi connectivity index (χ0) is 19.5. The Kier molecular flexibility index (Phi) is 5.59. The van der Waals surface area contributed by atoms with E-state index in [2.05, 4.69) is 20.4 Å². The van der Waals surface area contributed by atoms with Gasteiger partial charge in [-0.2, -0.15) is 0 Å². The molecule has 0 unspecified atom stereocenters. The third kappa shape index (κ3) is 4.18. The van der Waals surface area contributed by atoms with Gasteiger partial charge in [0.2, 0.25) is 5.91 Å². The highest BCUT2D eigenvalue weighted by Gasteiger charge is 2.26. The summed E-state index contributed by atoms with van der Waals surface area (Å²) in [4.78, 5) is 16.0. The number of hydrogen-bond donors (Lipinski definition) is 1. The van der Waals surface area contributed by atoms with Crippen LogP contribution in [0.4, 0.5) is 11.5 Å². The summed E-state index contributed by atoms with van der Waals surface area (Å²) in [5.74, 6) is 0.918. The molecule has 0 spiro atoms. The van der Waals surface area contributed by atoms with E-state index in [0.29, 0.717) is 5.02 Å². The van der Waals surface area contributed by atoms with Crippen molar-refractivity contribution in [1.29, 1.82) is 0 Å². The van der Waals surface area contributed by atoms with Crippen LogP contribution in [0.15, 0.2) is 47.8 Å². The number of thiophene rings is 1. The van der Waals surface area contributed by atoms with Crippen LogP contribution in [-0.4, -0.2) is 29.2 Å². The summed E-state index contributed by atoms with van der Waals surface area (Å²) in [6, 6.07) is 13.6. The fourth-order valence-corrected chi connectivity index (χ4v) is 4.25. The van der Waals surface area contributed by atoms with Gasteiger partial charge in [-0.15, -0.1) is 21.5 Å². The van der Waals surface area contributed by atoms with Crippen LogP contribution in [0.1, 0.15) is 18.4 Å². The lowest BCUT2D eigenvalue weighted by Gasteiger charge is -2.32. The van der Waals surface area contributed by atoms with Crippen LogP contribution in [0, 0.1) is 12.8 Å². The minimum Gasteiger partial charge on any atom is -0.355 e. The molecule has 7 heteroatoms. The summed E-state index contributed by atoms with van der Waals surface area (Å²) in [5.41, 5.74) is 2.69. The van der Waals surface area contributed by atoms with Crippen LogP contribution < -0.4 is 10.2 Å². The van der Waals surface area contributed by atoms with Gasteiger partial charge in [-0.25, -0.2) is 0 Å².